The second-order valence-corrected chi connectivity index (χ2v) is 5.75. The third-order valence-electron chi connectivity index (χ3n) is 3.75. The van der Waals surface area contributed by atoms with Gasteiger partial charge in [-0.3, -0.25) is 4.68 Å². The minimum Gasteiger partial charge on any atom is -0.396 e. The number of anilines is 1. The van der Waals surface area contributed by atoms with Crippen LogP contribution in [0.25, 0.3) is 0 Å². The molecule has 3 heteroatoms. The fourth-order valence-corrected chi connectivity index (χ4v) is 2.65. The van der Waals surface area contributed by atoms with Crippen LogP contribution in [0.1, 0.15) is 64.0 Å². The topological polar surface area (TPSA) is 43.8 Å². The first-order valence-corrected chi connectivity index (χ1v) is 6.99. The lowest BCUT2D eigenvalue weighted by Gasteiger charge is -2.20. The van der Waals surface area contributed by atoms with Gasteiger partial charge in [0.15, 0.2) is 0 Å². The molecule has 2 N–H and O–H groups in total. The summed E-state index contributed by atoms with van der Waals surface area (Å²) in [5.74, 6) is 1.34. The molecule has 1 aliphatic rings. The first kappa shape index (κ1) is 12.5. The Morgan fingerprint density at radius 2 is 2.06 bits per heavy atom. The Labute approximate surface area is 104 Å². The fourth-order valence-electron chi connectivity index (χ4n) is 2.65. The lowest BCUT2D eigenvalue weighted by Crippen LogP contribution is -2.08. The van der Waals surface area contributed by atoms with Gasteiger partial charge in [0.1, 0.15) is 0 Å². The van der Waals surface area contributed by atoms with Crippen LogP contribution < -0.4 is 5.73 Å². The summed E-state index contributed by atoms with van der Waals surface area (Å²) in [6.07, 6.45) is 9.78. The number of aryl methyl sites for hydroxylation is 1. The molecular weight excluding hydrogens is 210 g/mol. The first-order chi connectivity index (χ1) is 8.16. The number of nitrogens with zero attached hydrogens (tertiary/aromatic N) is 2. The number of hydrogen-bond donors (Lipinski definition) is 1. The van der Waals surface area contributed by atoms with Gasteiger partial charge in [0.25, 0.3) is 0 Å². The van der Waals surface area contributed by atoms with Crippen LogP contribution in [-0.2, 0) is 6.54 Å². The minimum atomic E-state index is 0.615. The van der Waals surface area contributed by atoms with Gasteiger partial charge in [0.05, 0.1) is 11.4 Å². The Hall–Kier alpha value is -0.990. The van der Waals surface area contributed by atoms with E-state index in [1.165, 1.54) is 38.5 Å². The highest BCUT2D eigenvalue weighted by atomic mass is 15.3. The Bertz CT molecular complexity index is 348. The van der Waals surface area contributed by atoms with E-state index in [9.17, 15) is 0 Å². The van der Waals surface area contributed by atoms with E-state index in [1.54, 1.807) is 0 Å². The Morgan fingerprint density at radius 3 is 2.71 bits per heavy atom. The van der Waals surface area contributed by atoms with Crippen LogP contribution in [0.3, 0.4) is 0 Å². The summed E-state index contributed by atoms with van der Waals surface area (Å²) in [6, 6.07) is 0. The van der Waals surface area contributed by atoms with Gasteiger partial charge in [0.2, 0.25) is 0 Å². The van der Waals surface area contributed by atoms with Crippen molar-refractivity contribution in [3.8, 4) is 0 Å². The SMILES string of the molecule is CC(C)CCn1cc(N)c(C2CCCCC2)n1. The van der Waals surface area contributed by atoms with E-state index < -0.39 is 0 Å². The zero-order valence-corrected chi connectivity index (χ0v) is 11.2. The molecule has 96 valence electrons. The van der Waals surface area contributed by atoms with Crippen molar-refractivity contribution >= 4 is 5.69 Å². The van der Waals surface area contributed by atoms with Crippen molar-refractivity contribution < 1.29 is 0 Å². The third-order valence-corrected chi connectivity index (χ3v) is 3.75. The Kier molecular flexibility index (Phi) is 4.08. The molecule has 1 aromatic heterocycles. The molecule has 1 aromatic rings. The highest BCUT2D eigenvalue weighted by Crippen LogP contribution is 2.34. The molecule has 1 aliphatic carbocycles. The van der Waals surface area contributed by atoms with E-state index >= 15 is 0 Å². The lowest BCUT2D eigenvalue weighted by molar-refractivity contribution is 0.427. The predicted octanol–water partition coefficient (Wildman–Crippen LogP) is 3.56. The molecule has 0 aliphatic heterocycles. The van der Waals surface area contributed by atoms with Crippen molar-refractivity contribution in [3.05, 3.63) is 11.9 Å². The molecule has 0 atom stereocenters. The minimum absolute atomic E-state index is 0.615. The molecule has 0 bridgehead atoms. The summed E-state index contributed by atoms with van der Waals surface area (Å²) in [6.45, 7) is 5.48. The normalized spacial score (nSPS) is 17.8. The van der Waals surface area contributed by atoms with Crippen LogP contribution in [-0.4, -0.2) is 9.78 Å². The largest absolute Gasteiger partial charge is 0.396 e. The lowest BCUT2D eigenvalue weighted by atomic mass is 9.86. The highest BCUT2D eigenvalue weighted by Gasteiger charge is 2.20. The smallest absolute Gasteiger partial charge is 0.0884 e. The molecule has 0 amide bonds. The van der Waals surface area contributed by atoms with E-state index in [1.807, 2.05) is 10.9 Å². The van der Waals surface area contributed by atoms with Gasteiger partial charge in [-0.1, -0.05) is 33.1 Å². The van der Waals surface area contributed by atoms with Crippen LogP contribution in [0.5, 0.6) is 0 Å². The summed E-state index contributed by atoms with van der Waals surface area (Å²) in [4.78, 5) is 0. The molecule has 1 heterocycles. The molecule has 1 fully saturated rings. The maximum atomic E-state index is 6.10. The van der Waals surface area contributed by atoms with Gasteiger partial charge >= 0.3 is 0 Å². The molecule has 0 aromatic carbocycles. The standard InChI is InChI=1S/C14H25N3/c1-11(2)8-9-17-10-13(15)14(16-17)12-6-4-3-5-7-12/h10-12H,3-9,15H2,1-2H3. The predicted molar refractivity (Wildman–Crippen MR) is 71.9 cm³/mol. The van der Waals surface area contributed by atoms with Crippen molar-refractivity contribution in [1.82, 2.24) is 9.78 Å². The number of aromatic nitrogens is 2. The molecule has 2 rings (SSSR count). The summed E-state index contributed by atoms with van der Waals surface area (Å²) in [5.41, 5.74) is 8.16. The van der Waals surface area contributed by atoms with Crippen LogP contribution in [0.15, 0.2) is 6.20 Å². The van der Waals surface area contributed by atoms with Gasteiger partial charge in [-0.2, -0.15) is 5.10 Å². The van der Waals surface area contributed by atoms with E-state index in [2.05, 4.69) is 13.8 Å². The van der Waals surface area contributed by atoms with Crippen LogP contribution in [0.2, 0.25) is 0 Å². The fraction of sp³-hybridized carbons (Fsp3) is 0.786. The van der Waals surface area contributed by atoms with Crippen molar-refractivity contribution in [2.24, 2.45) is 5.92 Å². The molecule has 0 spiro atoms. The van der Waals surface area contributed by atoms with Crippen LogP contribution in [0, 0.1) is 5.92 Å². The van der Waals surface area contributed by atoms with Crippen molar-refractivity contribution in [3.63, 3.8) is 0 Å². The molecule has 0 unspecified atom stereocenters. The van der Waals surface area contributed by atoms with E-state index in [0.29, 0.717) is 5.92 Å². The van der Waals surface area contributed by atoms with Gasteiger partial charge in [-0.15, -0.1) is 0 Å². The Morgan fingerprint density at radius 1 is 1.35 bits per heavy atom. The van der Waals surface area contributed by atoms with Gasteiger partial charge in [-0.05, 0) is 25.2 Å². The summed E-state index contributed by atoms with van der Waals surface area (Å²) in [5, 5.41) is 4.70. The van der Waals surface area contributed by atoms with Gasteiger partial charge in [0, 0.05) is 18.7 Å². The molecule has 0 radical (unpaired) electrons. The first-order valence-electron chi connectivity index (χ1n) is 6.99. The van der Waals surface area contributed by atoms with E-state index in [4.69, 9.17) is 10.8 Å². The maximum absolute atomic E-state index is 6.10. The average Bonchev–Trinajstić information content (AvgIpc) is 2.69. The number of rotatable bonds is 4. The van der Waals surface area contributed by atoms with Crippen molar-refractivity contribution in [2.75, 3.05) is 5.73 Å². The van der Waals surface area contributed by atoms with Crippen LogP contribution in [0.4, 0.5) is 5.69 Å². The Balaban J connectivity index is 2.02. The van der Waals surface area contributed by atoms with Gasteiger partial charge < -0.3 is 5.73 Å². The molecule has 17 heavy (non-hydrogen) atoms. The second-order valence-electron chi connectivity index (χ2n) is 5.75. The maximum Gasteiger partial charge on any atom is 0.0884 e. The highest BCUT2D eigenvalue weighted by molar-refractivity contribution is 5.42. The monoisotopic (exact) mass is 235 g/mol. The summed E-state index contributed by atoms with van der Waals surface area (Å²) < 4.78 is 2.04. The van der Waals surface area contributed by atoms with Crippen molar-refractivity contribution in [1.29, 1.82) is 0 Å². The third kappa shape index (κ3) is 3.24. The average molecular weight is 235 g/mol. The van der Waals surface area contributed by atoms with E-state index in [-0.39, 0.29) is 0 Å². The van der Waals surface area contributed by atoms with Gasteiger partial charge in [-0.25, -0.2) is 0 Å². The number of nitrogen functional groups attached to an aromatic ring is 1. The quantitative estimate of drug-likeness (QED) is 0.867. The second kappa shape index (κ2) is 5.56. The van der Waals surface area contributed by atoms with Crippen molar-refractivity contribution in [2.45, 2.75) is 64.8 Å². The molecular formula is C14H25N3. The molecule has 3 nitrogen and oxygen atoms in total. The summed E-state index contributed by atoms with van der Waals surface area (Å²) in [7, 11) is 0. The number of hydrogen-bond acceptors (Lipinski definition) is 2. The molecule has 1 saturated carbocycles. The zero-order chi connectivity index (χ0) is 12.3. The zero-order valence-electron chi connectivity index (χ0n) is 11.2. The van der Waals surface area contributed by atoms with E-state index in [0.717, 1.165) is 23.8 Å². The van der Waals surface area contributed by atoms with Crippen LogP contribution >= 0.6 is 0 Å². The number of nitrogens with two attached hydrogens (primary N) is 1. The molecule has 0 saturated heterocycles. The summed E-state index contributed by atoms with van der Waals surface area (Å²) >= 11 is 0.